The van der Waals surface area contributed by atoms with Crippen molar-refractivity contribution in [2.45, 2.75) is 26.7 Å². The van der Waals surface area contributed by atoms with Crippen LogP contribution in [-0.4, -0.2) is 0 Å². The zero-order valence-corrected chi connectivity index (χ0v) is 6.08. The molecule has 9 heavy (non-hydrogen) atoms. The molecule has 0 amide bonds. The van der Waals surface area contributed by atoms with Crippen molar-refractivity contribution in [2.75, 3.05) is 0 Å². The number of rotatable bonds is 3. The largest absolute Gasteiger partial charge is 0.208 e. The highest BCUT2D eigenvalue weighted by molar-refractivity contribution is 5.12. The van der Waals surface area contributed by atoms with Crippen LogP contribution in [0.5, 0.6) is 0 Å². The molecule has 0 aromatic heterocycles. The van der Waals surface area contributed by atoms with Gasteiger partial charge in [0, 0.05) is 0 Å². The standard InChI is InChI=1S/C8H13F/c1-4-5-7(2)6-8(3)9/h6H,3-5H2,1-2H3/b7-6+. The van der Waals surface area contributed by atoms with Crippen LogP contribution in [0.1, 0.15) is 26.7 Å². The van der Waals surface area contributed by atoms with Gasteiger partial charge < -0.3 is 0 Å². The molecule has 0 aliphatic carbocycles. The molecule has 0 aromatic rings. The molecular formula is C8H13F. The van der Waals surface area contributed by atoms with Crippen molar-refractivity contribution in [1.29, 1.82) is 0 Å². The average Bonchev–Trinajstić information content (AvgIpc) is 1.63. The van der Waals surface area contributed by atoms with Crippen LogP contribution in [-0.2, 0) is 0 Å². The summed E-state index contributed by atoms with van der Waals surface area (Å²) in [6.45, 7) is 7.11. The van der Waals surface area contributed by atoms with E-state index in [1.165, 1.54) is 6.08 Å². The van der Waals surface area contributed by atoms with E-state index in [-0.39, 0.29) is 5.83 Å². The first kappa shape index (κ1) is 8.41. The Labute approximate surface area is 56.1 Å². The highest BCUT2D eigenvalue weighted by atomic mass is 19.1. The van der Waals surface area contributed by atoms with Gasteiger partial charge in [0.25, 0.3) is 0 Å². The Morgan fingerprint density at radius 3 is 2.56 bits per heavy atom. The second kappa shape index (κ2) is 4.30. The molecule has 0 saturated carbocycles. The summed E-state index contributed by atoms with van der Waals surface area (Å²) < 4.78 is 12.0. The summed E-state index contributed by atoms with van der Waals surface area (Å²) in [5.41, 5.74) is 1.06. The summed E-state index contributed by atoms with van der Waals surface area (Å²) in [4.78, 5) is 0. The molecule has 0 bridgehead atoms. The smallest absolute Gasteiger partial charge is 0.115 e. The van der Waals surface area contributed by atoms with Crippen molar-refractivity contribution in [3.8, 4) is 0 Å². The molecule has 1 heteroatoms. The monoisotopic (exact) mass is 128 g/mol. The van der Waals surface area contributed by atoms with Crippen molar-refractivity contribution in [3.05, 3.63) is 24.1 Å². The van der Waals surface area contributed by atoms with E-state index in [4.69, 9.17) is 0 Å². The molecule has 0 aliphatic heterocycles. The molecule has 52 valence electrons. The zero-order valence-electron chi connectivity index (χ0n) is 6.08. The van der Waals surface area contributed by atoms with Crippen LogP contribution in [0.2, 0.25) is 0 Å². The van der Waals surface area contributed by atoms with Gasteiger partial charge in [-0.15, -0.1) is 0 Å². The minimum atomic E-state index is -0.346. The van der Waals surface area contributed by atoms with Crippen LogP contribution in [0, 0.1) is 0 Å². The van der Waals surface area contributed by atoms with Gasteiger partial charge in [-0.2, -0.15) is 0 Å². The molecule has 0 fully saturated rings. The lowest BCUT2D eigenvalue weighted by Gasteiger charge is -1.93. The first-order valence-electron chi connectivity index (χ1n) is 3.18. The molecule has 0 saturated heterocycles. The van der Waals surface area contributed by atoms with Gasteiger partial charge in [-0.05, 0) is 19.4 Å². The summed E-state index contributed by atoms with van der Waals surface area (Å²) in [6.07, 6.45) is 3.50. The Balaban J connectivity index is 3.69. The van der Waals surface area contributed by atoms with E-state index in [0.29, 0.717) is 0 Å². The number of allylic oxidation sites excluding steroid dienone is 3. The SMILES string of the molecule is C=C(F)/C=C(\C)CCC. The van der Waals surface area contributed by atoms with Gasteiger partial charge in [0.2, 0.25) is 0 Å². The first-order valence-corrected chi connectivity index (χ1v) is 3.18. The molecule has 0 N–H and O–H groups in total. The van der Waals surface area contributed by atoms with E-state index in [2.05, 4.69) is 13.5 Å². The van der Waals surface area contributed by atoms with Crippen LogP contribution < -0.4 is 0 Å². The Bertz CT molecular complexity index is 123. The topological polar surface area (TPSA) is 0 Å². The third-order valence-electron chi connectivity index (χ3n) is 1.05. The van der Waals surface area contributed by atoms with Gasteiger partial charge in [-0.1, -0.05) is 25.5 Å². The maximum Gasteiger partial charge on any atom is 0.115 e. The maximum absolute atomic E-state index is 12.0. The van der Waals surface area contributed by atoms with E-state index in [9.17, 15) is 4.39 Å². The molecule has 0 heterocycles. The number of hydrogen-bond acceptors (Lipinski definition) is 0. The van der Waals surface area contributed by atoms with E-state index in [0.717, 1.165) is 18.4 Å². The highest BCUT2D eigenvalue weighted by Crippen LogP contribution is 2.06. The molecule has 0 aliphatic rings. The zero-order chi connectivity index (χ0) is 7.28. The fourth-order valence-electron chi connectivity index (χ4n) is 0.734. The van der Waals surface area contributed by atoms with E-state index in [1.54, 1.807) is 0 Å². The fraction of sp³-hybridized carbons (Fsp3) is 0.500. The highest BCUT2D eigenvalue weighted by Gasteiger charge is 1.87. The molecular weight excluding hydrogens is 115 g/mol. The maximum atomic E-state index is 12.0. The second-order valence-electron chi connectivity index (χ2n) is 2.19. The van der Waals surface area contributed by atoms with Crippen LogP contribution >= 0.6 is 0 Å². The summed E-state index contributed by atoms with van der Waals surface area (Å²) in [6, 6.07) is 0. The third kappa shape index (κ3) is 5.28. The minimum Gasteiger partial charge on any atom is -0.208 e. The van der Waals surface area contributed by atoms with Gasteiger partial charge in [-0.25, -0.2) is 4.39 Å². The molecule has 0 unspecified atom stereocenters. The average molecular weight is 128 g/mol. The van der Waals surface area contributed by atoms with Gasteiger partial charge in [0.15, 0.2) is 0 Å². The van der Waals surface area contributed by atoms with Crippen molar-refractivity contribution in [1.82, 2.24) is 0 Å². The van der Waals surface area contributed by atoms with E-state index >= 15 is 0 Å². The quantitative estimate of drug-likeness (QED) is 0.512. The van der Waals surface area contributed by atoms with Gasteiger partial charge in [-0.3, -0.25) is 0 Å². The normalized spacial score (nSPS) is 11.7. The lowest BCUT2D eigenvalue weighted by molar-refractivity contribution is 0.667. The molecule has 0 radical (unpaired) electrons. The van der Waals surface area contributed by atoms with Crippen LogP contribution in [0.3, 0.4) is 0 Å². The molecule has 0 spiro atoms. The van der Waals surface area contributed by atoms with Crippen molar-refractivity contribution in [2.24, 2.45) is 0 Å². The van der Waals surface area contributed by atoms with Crippen molar-refractivity contribution >= 4 is 0 Å². The summed E-state index contributed by atoms with van der Waals surface area (Å²) >= 11 is 0. The first-order chi connectivity index (χ1) is 4.16. The summed E-state index contributed by atoms with van der Waals surface area (Å²) in [7, 11) is 0. The van der Waals surface area contributed by atoms with Crippen molar-refractivity contribution in [3.63, 3.8) is 0 Å². The molecule has 0 rings (SSSR count). The fourth-order valence-corrected chi connectivity index (χ4v) is 0.734. The van der Waals surface area contributed by atoms with Gasteiger partial charge >= 0.3 is 0 Å². The Morgan fingerprint density at radius 1 is 1.67 bits per heavy atom. The Kier molecular flexibility index (Phi) is 4.02. The van der Waals surface area contributed by atoms with Crippen molar-refractivity contribution < 1.29 is 4.39 Å². The van der Waals surface area contributed by atoms with E-state index in [1.807, 2.05) is 6.92 Å². The number of hydrogen-bond donors (Lipinski definition) is 0. The summed E-state index contributed by atoms with van der Waals surface area (Å²) in [5, 5.41) is 0. The summed E-state index contributed by atoms with van der Waals surface area (Å²) in [5.74, 6) is -0.346. The molecule has 0 atom stereocenters. The lowest BCUT2D eigenvalue weighted by atomic mass is 10.2. The van der Waals surface area contributed by atoms with Gasteiger partial charge in [0.05, 0.1) is 0 Å². The van der Waals surface area contributed by atoms with E-state index < -0.39 is 0 Å². The van der Waals surface area contributed by atoms with Crippen LogP contribution in [0.25, 0.3) is 0 Å². The Morgan fingerprint density at radius 2 is 2.22 bits per heavy atom. The molecule has 0 nitrogen and oxygen atoms in total. The molecule has 0 aromatic carbocycles. The van der Waals surface area contributed by atoms with Gasteiger partial charge in [0.1, 0.15) is 5.83 Å². The van der Waals surface area contributed by atoms with Crippen LogP contribution in [0.4, 0.5) is 4.39 Å². The second-order valence-corrected chi connectivity index (χ2v) is 2.19. The Hall–Kier alpha value is -0.590. The van der Waals surface area contributed by atoms with Crippen LogP contribution in [0.15, 0.2) is 24.1 Å². The minimum absolute atomic E-state index is 0.346. The lowest BCUT2D eigenvalue weighted by Crippen LogP contribution is -1.74. The predicted octanol–water partition coefficient (Wildman–Crippen LogP) is 3.22. The number of halogens is 1. The predicted molar refractivity (Wildman–Crippen MR) is 38.9 cm³/mol. The third-order valence-corrected chi connectivity index (χ3v) is 1.05.